The molecule has 27 heavy (non-hydrogen) atoms. The summed E-state index contributed by atoms with van der Waals surface area (Å²) in [6.07, 6.45) is 7.66. The molecule has 8 heteroatoms. The first kappa shape index (κ1) is 16.6. The third kappa shape index (κ3) is 3.14. The van der Waals surface area contributed by atoms with E-state index in [0.29, 0.717) is 11.8 Å². The van der Waals surface area contributed by atoms with Gasteiger partial charge in [-0.15, -0.1) is 10.2 Å². The summed E-state index contributed by atoms with van der Waals surface area (Å²) in [5, 5.41) is 13.6. The number of nitrogens with zero attached hydrogens (tertiary/aromatic N) is 7. The lowest BCUT2D eigenvalue weighted by atomic mass is 9.96. The van der Waals surface area contributed by atoms with Gasteiger partial charge in [0.05, 0.1) is 17.6 Å². The lowest BCUT2D eigenvalue weighted by Crippen LogP contribution is -2.35. The van der Waals surface area contributed by atoms with Gasteiger partial charge < -0.3 is 4.57 Å². The van der Waals surface area contributed by atoms with E-state index in [4.69, 9.17) is 5.10 Å². The van der Waals surface area contributed by atoms with Crippen molar-refractivity contribution in [1.82, 2.24) is 34.3 Å². The molecule has 140 valence electrons. The standard InChI is InChI=1S/C19H23N7O/c1-24-15(10-20-11-18(24)27)12-25-8-6-14(7-9-25)19-22-21-17-5-4-16(13-2-3-13)23-26(17)19/h4-5,10-11,13-14H,2-3,6-9,12H2,1H3. The van der Waals surface area contributed by atoms with Crippen molar-refractivity contribution in [2.75, 3.05) is 13.1 Å². The minimum Gasteiger partial charge on any atom is -0.312 e. The fourth-order valence-electron chi connectivity index (χ4n) is 3.90. The largest absolute Gasteiger partial charge is 0.312 e. The number of hydrogen-bond donors (Lipinski definition) is 0. The van der Waals surface area contributed by atoms with Crippen molar-refractivity contribution in [2.24, 2.45) is 7.05 Å². The first-order valence-corrected chi connectivity index (χ1v) is 9.63. The van der Waals surface area contributed by atoms with Crippen molar-refractivity contribution in [2.45, 2.75) is 44.1 Å². The molecule has 0 unspecified atom stereocenters. The van der Waals surface area contributed by atoms with Gasteiger partial charge >= 0.3 is 0 Å². The lowest BCUT2D eigenvalue weighted by Gasteiger charge is -2.31. The maximum Gasteiger partial charge on any atom is 0.268 e. The Morgan fingerprint density at radius 3 is 2.63 bits per heavy atom. The molecular formula is C19H23N7O. The molecule has 4 heterocycles. The highest BCUT2D eigenvalue weighted by Gasteiger charge is 2.28. The van der Waals surface area contributed by atoms with Crippen molar-refractivity contribution in [3.8, 4) is 0 Å². The molecule has 1 saturated heterocycles. The lowest BCUT2D eigenvalue weighted by molar-refractivity contribution is 0.196. The molecule has 1 aliphatic carbocycles. The van der Waals surface area contributed by atoms with E-state index >= 15 is 0 Å². The quantitative estimate of drug-likeness (QED) is 0.697. The van der Waals surface area contributed by atoms with Gasteiger partial charge in [-0.25, -0.2) is 0 Å². The summed E-state index contributed by atoms with van der Waals surface area (Å²) in [4.78, 5) is 18.2. The van der Waals surface area contributed by atoms with Crippen molar-refractivity contribution < 1.29 is 0 Å². The van der Waals surface area contributed by atoms with E-state index in [-0.39, 0.29) is 5.56 Å². The van der Waals surface area contributed by atoms with E-state index in [1.54, 1.807) is 17.8 Å². The third-order valence-corrected chi connectivity index (χ3v) is 5.81. The molecule has 0 aromatic carbocycles. The van der Waals surface area contributed by atoms with E-state index in [1.807, 2.05) is 10.6 Å². The van der Waals surface area contributed by atoms with Gasteiger partial charge in [-0.3, -0.25) is 14.7 Å². The summed E-state index contributed by atoms with van der Waals surface area (Å²) in [6, 6.07) is 4.13. The van der Waals surface area contributed by atoms with Gasteiger partial charge in [0.2, 0.25) is 0 Å². The fourth-order valence-corrected chi connectivity index (χ4v) is 3.90. The average molecular weight is 365 g/mol. The molecule has 0 radical (unpaired) electrons. The van der Waals surface area contributed by atoms with Crippen LogP contribution in [0.3, 0.4) is 0 Å². The molecule has 0 N–H and O–H groups in total. The number of hydrogen-bond acceptors (Lipinski definition) is 6. The van der Waals surface area contributed by atoms with Gasteiger partial charge in [-0.2, -0.15) is 9.61 Å². The molecule has 3 aromatic rings. The fraction of sp³-hybridized carbons (Fsp3) is 0.526. The predicted molar refractivity (Wildman–Crippen MR) is 99.5 cm³/mol. The highest BCUT2D eigenvalue weighted by atomic mass is 16.1. The van der Waals surface area contributed by atoms with Gasteiger partial charge in [0.1, 0.15) is 0 Å². The molecule has 1 aliphatic heterocycles. The Balaban J connectivity index is 1.30. The van der Waals surface area contributed by atoms with Crippen LogP contribution in [0.1, 0.15) is 54.7 Å². The second kappa shape index (κ2) is 6.53. The topological polar surface area (TPSA) is 81.2 Å². The van der Waals surface area contributed by atoms with Gasteiger partial charge in [0.15, 0.2) is 11.5 Å². The molecule has 0 spiro atoms. The van der Waals surface area contributed by atoms with E-state index in [1.165, 1.54) is 24.7 Å². The van der Waals surface area contributed by atoms with Gasteiger partial charge in [0, 0.05) is 31.6 Å². The van der Waals surface area contributed by atoms with Crippen LogP contribution in [0.4, 0.5) is 0 Å². The number of likely N-dealkylation sites (tertiary alicyclic amines) is 1. The van der Waals surface area contributed by atoms with Crippen LogP contribution < -0.4 is 5.56 Å². The minimum absolute atomic E-state index is 0.0603. The Morgan fingerprint density at radius 2 is 1.85 bits per heavy atom. The second-order valence-electron chi connectivity index (χ2n) is 7.71. The number of piperidine rings is 1. The van der Waals surface area contributed by atoms with Crippen LogP contribution in [0.25, 0.3) is 5.65 Å². The summed E-state index contributed by atoms with van der Waals surface area (Å²) in [5.74, 6) is 1.98. The third-order valence-electron chi connectivity index (χ3n) is 5.81. The molecule has 5 rings (SSSR count). The highest BCUT2D eigenvalue weighted by Crippen LogP contribution is 2.39. The normalized spacial score (nSPS) is 19.0. The summed E-state index contributed by atoms with van der Waals surface area (Å²) in [5.41, 5.74) is 2.89. The predicted octanol–water partition coefficient (Wildman–Crippen LogP) is 1.48. The van der Waals surface area contributed by atoms with Crippen molar-refractivity contribution in [3.05, 3.63) is 52.1 Å². The molecule has 8 nitrogen and oxygen atoms in total. The van der Waals surface area contributed by atoms with E-state index in [2.05, 4.69) is 26.1 Å². The zero-order valence-electron chi connectivity index (χ0n) is 15.5. The van der Waals surface area contributed by atoms with Gasteiger partial charge in [-0.05, 0) is 50.9 Å². The zero-order chi connectivity index (χ0) is 18.4. The van der Waals surface area contributed by atoms with E-state index in [0.717, 1.165) is 49.6 Å². The van der Waals surface area contributed by atoms with Crippen LogP contribution in [0, 0.1) is 0 Å². The number of fused-ring (bicyclic) bond motifs is 1. The second-order valence-corrected chi connectivity index (χ2v) is 7.71. The molecule has 1 saturated carbocycles. The Bertz CT molecular complexity index is 1030. The van der Waals surface area contributed by atoms with Crippen LogP contribution >= 0.6 is 0 Å². The Labute approximate surface area is 156 Å². The maximum absolute atomic E-state index is 11.8. The molecule has 2 aliphatic rings. The first-order valence-electron chi connectivity index (χ1n) is 9.63. The summed E-state index contributed by atoms with van der Waals surface area (Å²) in [6.45, 7) is 2.67. The molecule has 0 amide bonds. The number of rotatable bonds is 4. The molecule has 0 bridgehead atoms. The van der Waals surface area contributed by atoms with Crippen LogP contribution in [-0.4, -0.2) is 47.4 Å². The summed E-state index contributed by atoms with van der Waals surface area (Å²) in [7, 11) is 1.80. The van der Waals surface area contributed by atoms with Crippen LogP contribution in [0.15, 0.2) is 29.3 Å². The van der Waals surface area contributed by atoms with Crippen LogP contribution in [-0.2, 0) is 13.6 Å². The van der Waals surface area contributed by atoms with Crippen LogP contribution in [0.5, 0.6) is 0 Å². The van der Waals surface area contributed by atoms with Crippen molar-refractivity contribution >= 4 is 5.65 Å². The van der Waals surface area contributed by atoms with E-state index in [9.17, 15) is 4.79 Å². The maximum atomic E-state index is 11.8. The van der Waals surface area contributed by atoms with Crippen molar-refractivity contribution in [1.29, 1.82) is 0 Å². The Hall–Kier alpha value is -2.61. The minimum atomic E-state index is -0.0603. The first-order chi connectivity index (χ1) is 13.2. The summed E-state index contributed by atoms with van der Waals surface area (Å²) < 4.78 is 3.63. The Morgan fingerprint density at radius 1 is 1.04 bits per heavy atom. The van der Waals surface area contributed by atoms with Crippen LogP contribution in [0.2, 0.25) is 0 Å². The average Bonchev–Trinajstić information content (AvgIpc) is 3.46. The van der Waals surface area contributed by atoms with Gasteiger partial charge in [-0.1, -0.05) is 0 Å². The SMILES string of the molecule is Cn1c(CN2CCC(c3nnc4ccc(C5CC5)nn34)CC2)cncc1=O. The van der Waals surface area contributed by atoms with E-state index < -0.39 is 0 Å². The zero-order valence-corrected chi connectivity index (χ0v) is 15.5. The molecule has 3 aromatic heterocycles. The molecule has 0 atom stereocenters. The monoisotopic (exact) mass is 365 g/mol. The van der Waals surface area contributed by atoms with Gasteiger partial charge in [0.25, 0.3) is 5.56 Å². The number of aromatic nitrogens is 6. The summed E-state index contributed by atoms with van der Waals surface area (Å²) >= 11 is 0. The Kier molecular flexibility index (Phi) is 4.00. The molecular weight excluding hydrogens is 342 g/mol. The van der Waals surface area contributed by atoms with Crippen molar-refractivity contribution in [3.63, 3.8) is 0 Å². The smallest absolute Gasteiger partial charge is 0.268 e. The molecule has 2 fully saturated rings. The highest BCUT2D eigenvalue weighted by molar-refractivity contribution is 5.38.